The number of anilines is 1. The molecule has 0 aliphatic carbocycles. The lowest BCUT2D eigenvalue weighted by molar-refractivity contribution is 0.597. The molecule has 1 rings (SSSR count). The van der Waals surface area contributed by atoms with Crippen molar-refractivity contribution in [1.29, 1.82) is 0 Å². The van der Waals surface area contributed by atoms with Crippen molar-refractivity contribution < 1.29 is 8.42 Å². The van der Waals surface area contributed by atoms with Crippen molar-refractivity contribution >= 4 is 43.4 Å². The highest BCUT2D eigenvalue weighted by Crippen LogP contribution is 2.18. The fourth-order valence-electron chi connectivity index (χ4n) is 1.23. The fraction of sp³-hybridized carbons (Fsp3) is 0.500. The number of sulfonamides is 1. The van der Waals surface area contributed by atoms with Gasteiger partial charge in [0.15, 0.2) is 0 Å². The number of aromatic nitrogens is 1. The number of nitrogens with zero attached hydrogens (tertiary/aromatic N) is 1. The molecule has 0 unspecified atom stereocenters. The van der Waals surface area contributed by atoms with Gasteiger partial charge in [-0.1, -0.05) is 0 Å². The van der Waals surface area contributed by atoms with Crippen molar-refractivity contribution in [3.05, 3.63) is 22.3 Å². The average molecular weight is 342 g/mol. The molecule has 0 amide bonds. The summed E-state index contributed by atoms with van der Waals surface area (Å²) in [6, 6.07) is 1.81. The Labute approximate surface area is 115 Å². The first-order valence-corrected chi connectivity index (χ1v) is 8.11. The van der Waals surface area contributed by atoms with Crippen LogP contribution in [0.3, 0.4) is 0 Å². The van der Waals surface area contributed by atoms with Crippen LogP contribution in [-0.2, 0) is 10.0 Å². The van der Waals surface area contributed by atoms with Gasteiger partial charge in [0, 0.05) is 16.5 Å². The first-order chi connectivity index (χ1) is 7.94. The van der Waals surface area contributed by atoms with Gasteiger partial charge in [-0.3, -0.25) is 4.72 Å². The van der Waals surface area contributed by atoms with E-state index in [-0.39, 0.29) is 5.75 Å². The summed E-state index contributed by atoms with van der Waals surface area (Å²) in [6.45, 7) is 1.80. The minimum absolute atomic E-state index is 0.0664. The molecule has 7 heteroatoms. The number of alkyl halides is 1. The number of rotatable bonds is 6. The topological polar surface area (TPSA) is 59.1 Å². The predicted octanol–water partition coefficient (Wildman–Crippen LogP) is 2.91. The van der Waals surface area contributed by atoms with E-state index in [4.69, 9.17) is 11.6 Å². The number of hydrogen-bond donors (Lipinski definition) is 1. The van der Waals surface area contributed by atoms with Crippen LogP contribution >= 0.6 is 27.5 Å². The van der Waals surface area contributed by atoms with Gasteiger partial charge in [0.2, 0.25) is 10.0 Å². The van der Waals surface area contributed by atoms with E-state index in [1.54, 1.807) is 13.1 Å². The quantitative estimate of drug-likeness (QED) is 0.639. The minimum atomic E-state index is -3.33. The Balaban J connectivity index is 2.69. The van der Waals surface area contributed by atoms with Crippen molar-refractivity contribution in [2.45, 2.75) is 19.8 Å². The van der Waals surface area contributed by atoms with Crippen LogP contribution in [0.2, 0.25) is 0 Å². The van der Waals surface area contributed by atoms with Crippen LogP contribution in [0.15, 0.2) is 16.7 Å². The largest absolute Gasteiger partial charge is 0.267 e. The summed E-state index contributed by atoms with van der Waals surface area (Å²) in [5.74, 6) is 0.918. The zero-order chi connectivity index (χ0) is 12.9. The first-order valence-electron chi connectivity index (χ1n) is 5.13. The van der Waals surface area contributed by atoms with E-state index in [0.717, 1.165) is 10.0 Å². The highest BCUT2D eigenvalue weighted by atomic mass is 79.9. The molecule has 1 aromatic rings. The standard InChI is InChI=1S/C10H14BrClN2O2S/c1-8-6-9(11)7-13-10(8)14-17(15,16)5-3-2-4-12/h6-7H,2-5H2,1H3,(H,13,14). The maximum atomic E-state index is 11.7. The van der Waals surface area contributed by atoms with Crippen LogP contribution in [0.1, 0.15) is 18.4 Å². The fourth-order valence-corrected chi connectivity index (χ4v) is 3.06. The summed E-state index contributed by atoms with van der Waals surface area (Å²) in [5.41, 5.74) is 0.778. The molecule has 0 spiro atoms. The Morgan fingerprint density at radius 1 is 1.47 bits per heavy atom. The second-order valence-electron chi connectivity index (χ2n) is 3.64. The van der Waals surface area contributed by atoms with Gasteiger partial charge in [0.1, 0.15) is 5.82 Å². The van der Waals surface area contributed by atoms with Gasteiger partial charge < -0.3 is 0 Å². The smallest absolute Gasteiger partial charge is 0.233 e. The summed E-state index contributed by atoms with van der Waals surface area (Å²) in [7, 11) is -3.33. The molecule has 0 aliphatic heterocycles. The maximum Gasteiger partial charge on any atom is 0.233 e. The van der Waals surface area contributed by atoms with Crippen molar-refractivity contribution in [1.82, 2.24) is 4.98 Å². The first kappa shape index (κ1) is 14.7. The SMILES string of the molecule is Cc1cc(Br)cnc1NS(=O)(=O)CCCCCl. The lowest BCUT2D eigenvalue weighted by Gasteiger charge is -2.09. The van der Waals surface area contributed by atoms with Gasteiger partial charge in [-0.05, 0) is 47.3 Å². The van der Waals surface area contributed by atoms with E-state index < -0.39 is 10.0 Å². The number of pyridine rings is 1. The average Bonchev–Trinajstić information content (AvgIpc) is 2.22. The minimum Gasteiger partial charge on any atom is -0.267 e. The lowest BCUT2D eigenvalue weighted by Crippen LogP contribution is -2.18. The molecule has 0 atom stereocenters. The molecular weight excluding hydrogens is 328 g/mol. The maximum absolute atomic E-state index is 11.7. The van der Waals surface area contributed by atoms with Gasteiger partial charge in [0.25, 0.3) is 0 Å². The summed E-state index contributed by atoms with van der Waals surface area (Å²) >= 11 is 8.77. The molecule has 17 heavy (non-hydrogen) atoms. The number of unbranched alkanes of at least 4 members (excludes halogenated alkanes) is 1. The van der Waals surface area contributed by atoms with Gasteiger partial charge in [0.05, 0.1) is 5.75 Å². The van der Waals surface area contributed by atoms with Gasteiger partial charge in [-0.25, -0.2) is 13.4 Å². The number of aryl methyl sites for hydroxylation is 1. The normalized spacial score (nSPS) is 11.5. The Kier molecular flexibility index (Phi) is 5.69. The van der Waals surface area contributed by atoms with Gasteiger partial charge in [-0.2, -0.15) is 0 Å². The molecular formula is C10H14BrClN2O2S. The van der Waals surface area contributed by atoms with Crippen LogP contribution in [-0.4, -0.2) is 25.0 Å². The molecule has 1 heterocycles. The second-order valence-corrected chi connectivity index (χ2v) is 6.77. The van der Waals surface area contributed by atoms with Crippen LogP contribution in [0, 0.1) is 6.92 Å². The lowest BCUT2D eigenvalue weighted by atomic mass is 10.3. The Hall–Kier alpha value is -0.330. The number of nitrogens with one attached hydrogen (secondary N) is 1. The van der Waals surface area contributed by atoms with Crippen molar-refractivity contribution in [2.24, 2.45) is 0 Å². The summed E-state index contributed by atoms with van der Waals surface area (Å²) < 4.78 is 26.7. The van der Waals surface area contributed by atoms with Crippen molar-refractivity contribution in [3.63, 3.8) is 0 Å². The van der Waals surface area contributed by atoms with Crippen LogP contribution in [0.5, 0.6) is 0 Å². The summed E-state index contributed by atoms with van der Waals surface area (Å²) in [6.07, 6.45) is 2.80. The highest BCUT2D eigenvalue weighted by molar-refractivity contribution is 9.10. The van der Waals surface area contributed by atoms with E-state index >= 15 is 0 Å². The molecule has 1 aromatic heterocycles. The number of hydrogen-bond acceptors (Lipinski definition) is 3. The molecule has 0 saturated carbocycles. The molecule has 4 nitrogen and oxygen atoms in total. The van der Waals surface area contributed by atoms with Crippen molar-refractivity contribution in [2.75, 3.05) is 16.4 Å². The Morgan fingerprint density at radius 2 is 2.18 bits per heavy atom. The predicted molar refractivity (Wildman–Crippen MR) is 74.0 cm³/mol. The van der Waals surface area contributed by atoms with E-state index in [1.165, 1.54) is 0 Å². The monoisotopic (exact) mass is 340 g/mol. The van der Waals surface area contributed by atoms with Crippen LogP contribution in [0.25, 0.3) is 0 Å². The summed E-state index contributed by atoms with van der Waals surface area (Å²) in [4.78, 5) is 4.03. The van der Waals surface area contributed by atoms with E-state index in [9.17, 15) is 8.42 Å². The second kappa shape index (κ2) is 6.56. The van der Waals surface area contributed by atoms with E-state index in [1.807, 2.05) is 6.07 Å². The Morgan fingerprint density at radius 3 is 2.76 bits per heavy atom. The van der Waals surface area contributed by atoms with E-state index in [2.05, 4.69) is 25.6 Å². The van der Waals surface area contributed by atoms with E-state index in [0.29, 0.717) is 24.5 Å². The molecule has 0 aliphatic rings. The number of halogens is 2. The molecule has 1 N–H and O–H groups in total. The third-order valence-corrected chi connectivity index (χ3v) is 4.13. The van der Waals surface area contributed by atoms with Gasteiger partial charge in [-0.15, -0.1) is 11.6 Å². The molecule has 0 saturated heterocycles. The highest BCUT2D eigenvalue weighted by Gasteiger charge is 2.12. The molecule has 0 aromatic carbocycles. The third kappa shape index (κ3) is 5.23. The zero-order valence-corrected chi connectivity index (χ0v) is 12.6. The summed E-state index contributed by atoms with van der Waals surface area (Å²) in [5, 5.41) is 0. The zero-order valence-electron chi connectivity index (χ0n) is 9.41. The molecule has 0 bridgehead atoms. The van der Waals surface area contributed by atoms with Crippen LogP contribution in [0.4, 0.5) is 5.82 Å². The molecule has 0 fully saturated rings. The van der Waals surface area contributed by atoms with Crippen molar-refractivity contribution in [3.8, 4) is 0 Å². The van der Waals surface area contributed by atoms with Crippen LogP contribution < -0.4 is 4.72 Å². The Bertz CT molecular complexity index is 479. The molecule has 0 radical (unpaired) electrons. The third-order valence-electron chi connectivity index (χ3n) is 2.09. The van der Waals surface area contributed by atoms with Gasteiger partial charge >= 0.3 is 0 Å². The molecule has 96 valence electrons.